The van der Waals surface area contributed by atoms with E-state index in [4.69, 9.17) is 11.6 Å². The fourth-order valence-corrected chi connectivity index (χ4v) is 1.97. The molecule has 0 amide bonds. The van der Waals surface area contributed by atoms with Crippen molar-refractivity contribution in [3.8, 4) is 11.4 Å². The van der Waals surface area contributed by atoms with Gasteiger partial charge in [-0.2, -0.15) is 9.61 Å². The fraction of sp³-hybridized carbons (Fsp3) is 0.154. The number of fused-ring (bicyclic) bond motifs is 1. The van der Waals surface area contributed by atoms with Crippen LogP contribution in [-0.2, 0) is 0 Å². The molecule has 3 aromatic rings. The van der Waals surface area contributed by atoms with Gasteiger partial charge >= 0.3 is 0 Å². The maximum absolute atomic E-state index is 5.90. The zero-order valence-corrected chi connectivity index (χ0v) is 10.8. The van der Waals surface area contributed by atoms with Crippen LogP contribution in [0.5, 0.6) is 0 Å². The minimum Gasteiger partial charge on any atom is -0.191 e. The Balaban J connectivity index is 2.24. The van der Waals surface area contributed by atoms with E-state index in [-0.39, 0.29) is 0 Å². The molecular weight excluding hydrogens is 248 g/mol. The SMILES string of the molecule is Cc1ccc(-c2nnc3ccc(Cl)nn23)cc1C. The number of rotatable bonds is 1. The molecule has 4 nitrogen and oxygen atoms in total. The lowest BCUT2D eigenvalue weighted by atomic mass is 10.1. The van der Waals surface area contributed by atoms with Crippen LogP contribution in [0, 0.1) is 13.8 Å². The molecule has 2 aromatic heterocycles. The molecule has 0 atom stereocenters. The van der Waals surface area contributed by atoms with Crippen LogP contribution in [-0.4, -0.2) is 19.8 Å². The number of hydrogen-bond donors (Lipinski definition) is 0. The van der Waals surface area contributed by atoms with E-state index in [1.54, 1.807) is 16.6 Å². The Bertz CT molecular complexity index is 733. The second-order valence-corrected chi connectivity index (χ2v) is 4.64. The van der Waals surface area contributed by atoms with Crippen LogP contribution in [0.4, 0.5) is 0 Å². The van der Waals surface area contributed by atoms with Gasteiger partial charge in [0.2, 0.25) is 0 Å². The normalized spacial score (nSPS) is 11.1. The first-order chi connectivity index (χ1) is 8.65. The quantitative estimate of drug-likeness (QED) is 0.674. The highest BCUT2D eigenvalue weighted by molar-refractivity contribution is 6.29. The number of benzene rings is 1. The zero-order valence-electron chi connectivity index (χ0n) is 10.1. The van der Waals surface area contributed by atoms with Gasteiger partial charge in [-0.05, 0) is 43.2 Å². The molecule has 0 saturated carbocycles. The van der Waals surface area contributed by atoms with Crippen LogP contribution >= 0.6 is 11.6 Å². The number of aromatic nitrogens is 4. The number of hydrogen-bond acceptors (Lipinski definition) is 3. The first-order valence-corrected chi connectivity index (χ1v) is 5.98. The molecule has 0 bridgehead atoms. The van der Waals surface area contributed by atoms with Gasteiger partial charge in [0.25, 0.3) is 0 Å². The van der Waals surface area contributed by atoms with Gasteiger partial charge in [0.1, 0.15) is 5.15 Å². The van der Waals surface area contributed by atoms with E-state index < -0.39 is 0 Å². The lowest BCUT2D eigenvalue weighted by Crippen LogP contribution is -1.95. The highest BCUT2D eigenvalue weighted by Crippen LogP contribution is 2.21. The summed E-state index contributed by atoms with van der Waals surface area (Å²) in [6.45, 7) is 4.15. The smallest absolute Gasteiger partial charge is 0.185 e. The number of aryl methyl sites for hydroxylation is 2. The van der Waals surface area contributed by atoms with Crippen molar-refractivity contribution >= 4 is 17.2 Å². The molecule has 3 rings (SSSR count). The predicted octanol–water partition coefficient (Wildman–Crippen LogP) is 3.06. The van der Waals surface area contributed by atoms with E-state index in [0.717, 1.165) is 5.56 Å². The summed E-state index contributed by atoms with van der Waals surface area (Å²) in [4.78, 5) is 0. The molecule has 0 spiro atoms. The molecule has 90 valence electrons. The standard InChI is InChI=1S/C13H11ClN4/c1-8-3-4-10(7-9(8)2)13-16-15-12-6-5-11(14)17-18(12)13/h3-7H,1-2H3. The van der Waals surface area contributed by atoms with Crippen LogP contribution in [0.2, 0.25) is 5.15 Å². The van der Waals surface area contributed by atoms with E-state index >= 15 is 0 Å². The van der Waals surface area contributed by atoms with Gasteiger partial charge in [-0.15, -0.1) is 10.2 Å². The van der Waals surface area contributed by atoms with Crippen LogP contribution in [0.15, 0.2) is 30.3 Å². The lowest BCUT2D eigenvalue weighted by molar-refractivity contribution is 0.936. The molecule has 5 heteroatoms. The molecule has 0 aliphatic rings. The molecule has 1 aromatic carbocycles. The summed E-state index contributed by atoms with van der Waals surface area (Å²) < 4.78 is 1.66. The van der Waals surface area contributed by atoms with Gasteiger partial charge in [-0.3, -0.25) is 0 Å². The Morgan fingerprint density at radius 1 is 1.00 bits per heavy atom. The molecule has 18 heavy (non-hydrogen) atoms. The van der Waals surface area contributed by atoms with Crippen molar-refractivity contribution in [3.05, 3.63) is 46.6 Å². The van der Waals surface area contributed by atoms with E-state index in [0.29, 0.717) is 16.6 Å². The average Bonchev–Trinajstić information content (AvgIpc) is 2.75. The van der Waals surface area contributed by atoms with Crippen molar-refractivity contribution in [1.29, 1.82) is 0 Å². The Hall–Kier alpha value is -1.94. The van der Waals surface area contributed by atoms with Crippen molar-refractivity contribution in [2.24, 2.45) is 0 Å². The second kappa shape index (κ2) is 4.07. The third-order valence-corrected chi connectivity index (χ3v) is 3.20. The number of nitrogens with zero attached hydrogens (tertiary/aromatic N) is 4. The van der Waals surface area contributed by atoms with Crippen molar-refractivity contribution in [1.82, 2.24) is 19.8 Å². The third-order valence-electron chi connectivity index (χ3n) is 3.00. The number of halogens is 1. The maximum atomic E-state index is 5.90. The second-order valence-electron chi connectivity index (χ2n) is 4.25. The van der Waals surface area contributed by atoms with Gasteiger partial charge in [-0.25, -0.2) is 0 Å². The highest BCUT2D eigenvalue weighted by atomic mass is 35.5. The van der Waals surface area contributed by atoms with E-state index in [9.17, 15) is 0 Å². The van der Waals surface area contributed by atoms with Gasteiger partial charge in [0, 0.05) is 5.56 Å². The van der Waals surface area contributed by atoms with Gasteiger partial charge in [-0.1, -0.05) is 23.7 Å². The molecule has 2 heterocycles. The summed E-state index contributed by atoms with van der Waals surface area (Å²) in [7, 11) is 0. The topological polar surface area (TPSA) is 43.1 Å². The Labute approximate surface area is 109 Å². The lowest BCUT2D eigenvalue weighted by Gasteiger charge is -2.03. The summed E-state index contributed by atoms with van der Waals surface area (Å²) >= 11 is 5.90. The minimum absolute atomic E-state index is 0.424. The first kappa shape index (κ1) is 11.2. The Morgan fingerprint density at radius 3 is 2.61 bits per heavy atom. The summed E-state index contributed by atoms with van der Waals surface area (Å²) in [6.07, 6.45) is 0. The molecule has 0 unspecified atom stereocenters. The predicted molar refractivity (Wildman–Crippen MR) is 70.7 cm³/mol. The van der Waals surface area contributed by atoms with Crippen molar-refractivity contribution in [2.75, 3.05) is 0 Å². The van der Waals surface area contributed by atoms with Crippen LogP contribution in [0.3, 0.4) is 0 Å². The average molecular weight is 259 g/mol. The van der Waals surface area contributed by atoms with Gasteiger partial charge < -0.3 is 0 Å². The largest absolute Gasteiger partial charge is 0.191 e. The van der Waals surface area contributed by atoms with Crippen LogP contribution in [0.25, 0.3) is 17.0 Å². The summed E-state index contributed by atoms with van der Waals surface area (Å²) in [5, 5.41) is 12.9. The molecule has 0 radical (unpaired) electrons. The van der Waals surface area contributed by atoms with Crippen LogP contribution in [0.1, 0.15) is 11.1 Å². The third kappa shape index (κ3) is 1.75. The van der Waals surface area contributed by atoms with E-state index in [1.807, 2.05) is 6.07 Å². The molecule has 0 N–H and O–H groups in total. The van der Waals surface area contributed by atoms with Crippen molar-refractivity contribution in [2.45, 2.75) is 13.8 Å². The van der Waals surface area contributed by atoms with Gasteiger partial charge in [0.15, 0.2) is 11.5 Å². The minimum atomic E-state index is 0.424. The Kier molecular flexibility index (Phi) is 2.52. The zero-order chi connectivity index (χ0) is 12.7. The Morgan fingerprint density at radius 2 is 1.83 bits per heavy atom. The van der Waals surface area contributed by atoms with Gasteiger partial charge in [0.05, 0.1) is 0 Å². The van der Waals surface area contributed by atoms with Crippen molar-refractivity contribution < 1.29 is 0 Å². The molecule has 0 fully saturated rings. The fourth-order valence-electron chi connectivity index (χ4n) is 1.83. The van der Waals surface area contributed by atoms with Crippen LogP contribution < -0.4 is 0 Å². The summed E-state index contributed by atoms with van der Waals surface area (Å²) in [5.41, 5.74) is 4.14. The first-order valence-electron chi connectivity index (χ1n) is 5.61. The highest BCUT2D eigenvalue weighted by Gasteiger charge is 2.10. The monoisotopic (exact) mass is 258 g/mol. The maximum Gasteiger partial charge on any atom is 0.185 e. The molecule has 0 aliphatic heterocycles. The summed E-state index contributed by atoms with van der Waals surface area (Å²) in [6, 6.07) is 9.66. The van der Waals surface area contributed by atoms with E-state index in [2.05, 4.69) is 41.3 Å². The summed E-state index contributed by atoms with van der Waals surface area (Å²) in [5.74, 6) is 0.704. The van der Waals surface area contributed by atoms with Crippen molar-refractivity contribution in [3.63, 3.8) is 0 Å². The molecule has 0 aliphatic carbocycles. The molecular formula is C13H11ClN4. The van der Waals surface area contributed by atoms with E-state index in [1.165, 1.54) is 11.1 Å². The molecule has 0 saturated heterocycles.